The lowest BCUT2D eigenvalue weighted by molar-refractivity contribution is -0.201. The monoisotopic (exact) mass is 499 g/mol. The van der Waals surface area contributed by atoms with E-state index in [1.165, 1.54) is 6.33 Å². The number of nitrogens with zero attached hydrogens (tertiary/aromatic N) is 2. The third-order valence-electron chi connectivity index (χ3n) is 9.75. The summed E-state index contributed by atoms with van der Waals surface area (Å²) < 4.78 is 32.8. The molecule has 196 valence electrons. The van der Waals surface area contributed by atoms with E-state index in [9.17, 15) is 10.2 Å². The van der Waals surface area contributed by atoms with Crippen LogP contribution in [0.15, 0.2) is 36.8 Å². The molecule has 3 fully saturated rings. The number of rotatable bonds is 1. The van der Waals surface area contributed by atoms with Gasteiger partial charge in [-0.05, 0) is 93.6 Å². The Bertz CT molecular complexity index is 1160. The first-order chi connectivity index (χ1) is 17.1. The van der Waals surface area contributed by atoms with Gasteiger partial charge in [0, 0.05) is 30.3 Å². The van der Waals surface area contributed by atoms with Gasteiger partial charge in [0.2, 0.25) is 0 Å². The normalized spacial score (nSPS) is 41.8. The third kappa shape index (κ3) is 3.89. The Morgan fingerprint density at radius 1 is 1.08 bits per heavy atom. The number of benzene rings is 1. The van der Waals surface area contributed by atoms with Crippen LogP contribution in [0.4, 0.5) is 8.78 Å². The van der Waals surface area contributed by atoms with Crippen LogP contribution < -0.4 is 5.32 Å². The van der Waals surface area contributed by atoms with Crippen molar-refractivity contribution in [1.82, 2.24) is 15.3 Å². The Morgan fingerprint density at radius 2 is 1.86 bits per heavy atom. The largest absolute Gasteiger partial charge is 0.393 e. The Kier molecular flexibility index (Phi) is 6.49. The smallest absolute Gasteiger partial charge is 0.142 e. The Morgan fingerprint density at radius 3 is 2.64 bits per heavy atom. The fourth-order valence-electron chi connectivity index (χ4n) is 7.97. The molecule has 5 nitrogen and oxygen atoms in total. The zero-order chi connectivity index (χ0) is 25.8. The summed E-state index contributed by atoms with van der Waals surface area (Å²) in [6.45, 7) is 2.15. The van der Waals surface area contributed by atoms with Gasteiger partial charge in [0.25, 0.3) is 0 Å². The van der Waals surface area contributed by atoms with Crippen LogP contribution in [0.3, 0.4) is 0 Å². The second-order valence-electron chi connectivity index (χ2n) is 11.9. The average molecular weight is 500 g/mol. The van der Waals surface area contributed by atoms with E-state index < -0.39 is 23.0 Å². The van der Waals surface area contributed by atoms with Crippen LogP contribution in [0.1, 0.15) is 70.3 Å². The van der Waals surface area contributed by atoms with Gasteiger partial charge in [0.1, 0.15) is 23.3 Å². The van der Waals surface area contributed by atoms with E-state index in [2.05, 4.69) is 40.4 Å². The Balaban J connectivity index is 0.000000848. The van der Waals surface area contributed by atoms with E-state index in [1.807, 2.05) is 20.2 Å². The number of halogens is 2. The number of alkyl halides is 2. The van der Waals surface area contributed by atoms with Crippen molar-refractivity contribution in [2.45, 2.75) is 87.8 Å². The highest BCUT2D eigenvalue weighted by Gasteiger charge is 2.69. The molecule has 0 aliphatic heterocycles. The molecule has 1 aromatic heterocycles. The number of hydrogen-bond acceptors (Lipinski definition) is 5. The van der Waals surface area contributed by atoms with Crippen LogP contribution >= 0.6 is 0 Å². The molecule has 3 N–H and O–H groups in total. The standard InChI is InChI=1S/C27H32F2N2O2.C2H7N/c1-24-10-11-26(29)15-25(28)13-20(32)4-3-19(25)8-9-27(26,33)23(24)7-5-21(24)17-2-6-22-18(12-17)14-30-16-31-22;1-3-2/h2,5-6,12,14,16,19-20,23,32-33H,3-4,7-11,13,15H2,1H3;3H,1-2H3/t19?,20?,23?,24?,25?,26?,27-;/m0./s1. The number of aliphatic hydroxyl groups is 2. The summed E-state index contributed by atoms with van der Waals surface area (Å²) in [4.78, 5) is 8.44. The maximum absolute atomic E-state index is 16.7. The third-order valence-corrected chi connectivity index (χ3v) is 9.75. The van der Waals surface area contributed by atoms with E-state index in [1.54, 1.807) is 6.20 Å². The zero-order valence-corrected chi connectivity index (χ0v) is 21.6. The number of hydrogen-bond donors (Lipinski definition) is 3. The van der Waals surface area contributed by atoms with Crippen LogP contribution in [0.25, 0.3) is 16.5 Å². The highest BCUT2D eigenvalue weighted by atomic mass is 19.2. The van der Waals surface area contributed by atoms with Crippen LogP contribution in [-0.2, 0) is 0 Å². The van der Waals surface area contributed by atoms with Crippen molar-refractivity contribution < 1.29 is 19.0 Å². The minimum absolute atomic E-state index is 0.00991. The van der Waals surface area contributed by atoms with Crippen LogP contribution in [0, 0.1) is 17.3 Å². The second-order valence-corrected chi connectivity index (χ2v) is 11.9. The first-order valence-electron chi connectivity index (χ1n) is 13.4. The number of aromatic nitrogens is 2. The van der Waals surface area contributed by atoms with Gasteiger partial charge in [-0.25, -0.2) is 18.7 Å². The maximum Gasteiger partial charge on any atom is 0.142 e. The molecule has 7 atom stereocenters. The van der Waals surface area contributed by atoms with Gasteiger partial charge < -0.3 is 15.5 Å². The molecule has 7 heteroatoms. The molecule has 3 saturated carbocycles. The maximum atomic E-state index is 16.7. The average Bonchev–Trinajstić information content (AvgIpc) is 3.15. The summed E-state index contributed by atoms with van der Waals surface area (Å²) in [5.74, 6) is -0.584. The van der Waals surface area contributed by atoms with Gasteiger partial charge in [-0.3, -0.25) is 0 Å². The molecule has 0 bridgehead atoms. The SMILES string of the molecule is CC12CCC3(F)CC4(F)CC(O)CCC4CC[C@]3(O)C1CC=C2c1ccc2ncncc2c1.CNC. The topological polar surface area (TPSA) is 78.3 Å². The van der Waals surface area contributed by atoms with Gasteiger partial charge in [0.05, 0.1) is 11.6 Å². The van der Waals surface area contributed by atoms with Gasteiger partial charge in [0.15, 0.2) is 0 Å². The lowest BCUT2D eigenvalue weighted by Gasteiger charge is -2.56. The van der Waals surface area contributed by atoms with Crippen molar-refractivity contribution in [1.29, 1.82) is 0 Å². The van der Waals surface area contributed by atoms with Crippen molar-refractivity contribution in [3.05, 3.63) is 42.4 Å². The molecule has 0 radical (unpaired) electrons. The molecule has 0 amide bonds. The minimum Gasteiger partial charge on any atom is -0.393 e. The number of allylic oxidation sites excluding steroid dienone is 2. The quantitative estimate of drug-likeness (QED) is 0.505. The van der Waals surface area contributed by atoms with Gasteiger partial charge in [-0.2, -0.15) is 0 Å². The molecule has 0 spiro atoms. The highest BCUT2D eigenvalue weighted by molar-refractivity contribution is 5.84. The van der Waals surface area contributed by atoms with Gasteiger partial charge >= 0.3 is 0 Å². The molecule has 4 aliphatic carbocycles. The molecule has 6 rings (SSSR count). The lowest BCUT2D eigenvalue weighted by Crippen LogP contribution is -2.63. The van der Waals surface area contributed by atoms with E-state index >= 15 is 8.78 Å². The first kappa shape index (κ1) is 25.7. The second kappa shape index (κ2) is 9.10. The minimum atomic E-state index is -1.97. The summed E-state index contributed by atoms with van der Waals surface area (Å²) in [5, 5.41) is 25.9. The van der Waals surface area contributed by atoms with E-state index in [-0.39, 0.29) is 42.9 Å². The zero-order valence-electron chi connectivity index (χ0n) is 21.6. The fraction of sp³-hybridized carbons (Fsp3) is 0.655. The van der Waals surface area contributed by atoms with Crippen molar-refractivity contribution in [3.8, 4) is 0 Å². The molecule has 1 heterocycles. The summed E-state index contributed by atoms with van der Waals surface area (Å²) >= 11 is 0. The molecule has 6 unspecified atom stereocenters. The van der Waals surface area contributed by atoms with Crippen molar-refractivity contribution in [2.24, 2.45) is 17.3 Å². The predicted molar refractivity (Wildman–Crippen MR) is 138 cm³/mol. The molecule has 2 aromatic rings. The van der Waals surface area contributed by atoms with Crippen molar-refractivity contribution in [2.75, 3.05) is 14.1 Å². The number of nitrogens with one attached hydrogen (secondary N) is 1. The first-order valence-corrected chi connectivity index (χ1v) is 13.4. The lowest BCUT2D eigenvalue weighted by atomic mass is 9.52. The van der Waals surface area contributed by atoms with Crippen molar-refractivity contribution in [3.63, 3.8) is 0 Å². The summed E-state index contributed by atoms with van der Waals surface area (Å²) in [7, 11) is 3.75. The summed E-state index contributed by atoms with van der Waals surface area (Å²) in [6, 6.07) is 6.11. The molecular weight excluding hydrogens is 460 g/mol. The van der Waals surface area contributed by atoms with E-state index in [4.69, 9.17) is 0 Å². The molecule has 0 saturated heterocycles. The van der Waals surface area contributed by atoms with Crippen LogP contribution in [-0.4, -0.2) is 57.3 Å². The Labute approximate surface area is 212 Å². The summed E-state index contributed by atoms with van der Waals surface area (Å²) in [6.07, 6.45) is 7.63. The van der Waals surface area contributed by atoms with E-state index in [0.29, 0.717) is 32.1 Å². The molecule has 1 aromatic carbocycles. The van der Waals surface area contributed by atoms with Crippen molar-refractivity contribution >= 4 is 16.5 Å². The molecule has 36 heavy (non-hydrogen) atoms. The summed E-state index contributed by atoms with van der Waals surface area (Å²) in [5.41, 5.74) is -2.59. The molecule has 4 aliphatic rings. The van der Waals surface area contributed by atoms with Gasteiger partial charge in [-0.15, -0.1) is 0 Å². The van der Waals surface area contributed by atoms with Gasteiger partial charge in [-0.1, -0.05) is 19.1 Å². The number of aliphatic hydroxyl groups excluding tert-OH is 1. The fourth-order valence-corrected chi connectivity index (χ4v) is 7.97. The van der Waals surface area contributed by atoms with Crippen LogP contribution in [0.5, 0.6) is 0 Å². The number of fused-ring (bicyclic) bond motifs is 5. The highest BCUT2D eigenvalue weighted by Crippen LogP contribution is 2.67. The Hall–Kier alpha value is -1.96. The van der Waals surface area contributed by atoms with Crippen LogP contribution in [0.2, 0.25) is 0 Å². The predicted octanol–water partition coefficient (Wildman–Crippen LogP) is 5.16. The molecular formula is C29H39F2N3O2. The van der Waals surface area contributed by atoms with E-state index in [0.717, 1.165) is 22.0 Å².